The Kier molecular flexibility index (Phi) is 6.57. The normalized spacial score (nSPS) is 19.8. The number of nitrogens with one attached hydrogen (secondary N) is 2. The van der Waals surface area contributed by atoms with Gasteiger partial charge in [-0.1, -0.05) is 25.7 Å². The number of rotatable bonds is 6. The first-order valence-electron chi connectivity index (χ1n) is 10.5. The van der Waals surface area contributed by atoms with Gasteiger partial charge in [-0.15, -0.1) is 10.2 Å². The van der Waals surface area contributed by atoms with Gasteiger partial charge in [0.15, 0.2) is 11.8 Å². The van der Waals surface area contributed by atoms with E-state index in [1.165, 1.54) is 25.7 Å². The molecular weight excluding hydrogens is 354 g/mol. The SMILES string of the molecule is Cc1nnc(CN=C(NCC2(C(=O)N(C)C)CCCC2)NC2CCCC2)n1C. The summed E-state index contributed by atoms with van der Waals surface area (Å²) < 4.78 is 1.96. The Hall–Kier alpha value is -2.12. The van der Waals surface area contributed by atoms with Crippen molar-refractivity contribution in [3.05, 3.63) is 11.6 Å². The van der Waals surface area contributed by atoms with Gasteiger partial charge in [0.05, 0.1) is 5.41 Å². The Morgan fingerprint density at radius 3 is 2.46 bits per heavy atom. The number of nitrogens with zero attached hydrogens (tertiary/aromatic N) is 5. The molecule has 0 saturated heterocycles. The van der Waals surface area contributed by atoms with E-state index in [9.17, 15) is 4.79 Å². The molecule has 1 aromatic heterocycles. The zero-order chi connectivity index (χ0) is 20.1. The topological polar surface area (TPSA) is 87.4 Å². The Morgan fingerprint density at radius 2 is 1.89 bits per heavy atom. The van der Waals surface area contributed by atoms with Gasteiger partial charge in [-0.3, -0.25) is 4.79 Å². The van der Waals surface area contributed by atoms with Gasteiger partial charge in [-0.2, -0.15) is 0 Å². The van der Waals surface area contributed by atoms with Crippen molar-refractivity contribution in [1.82, 2.24) is 30.3 Å². The van der Waals surface area contributed by atoms with Gasteiger partial charge in [-0.05, 0) is 32.6 Å². The summed E-state index contributed by atoms with van der Waals surface area (Å²) in [6.07, 6.45) is 8.97. The third-order valence-corrected chi connectivity index (χ3v) is 6.27. The maximum absolute atomic E-state index is 12.9. The van der Waals surface area contributed by atoms with E-state index in [-0.39, 0.29) is 11.3 Å². The molecule has 2 saturated carbocycles. The van der Waals surface area contributed by atoms with E-state index < -0.39 is 0 Å². The van der Waals surface area contributed by atoms with Crippen molar-refractivity contribution in [2.24, 2.45) is 17.5 Å². The molecule has 2 aliphatic rings. The predicted octanol–water partition coefficient (Wildman–Crippen LogP) is 1.75. The number of aryl methyl sites for hydroxylation is 1. The molecule has 156 valence electrons. The first kappa shape index (κ1) is 20.6. The Balaban J connectivity index is 1.71. The van der Waals surface area contributed by atoms with Gasteiger partial charge >= 0.3 is 0 Å². The van der Waals surface area contributed by atoms with E-state index in [1.807, 2.05) is 32.6 Å². The van der Waals surface area contributed by atoms with Crippen molar-refractivity contribution < 1.29 is 4.79 Å². The molecule has 3 rings (SSSR count). The number of aliphatic imine (C=N–C) groups is 1. The highest BCUT2D eigenvalue weighted by Gasteiger charge is 2.42. The molecule has 0 aromatic carbocycles. The number of carbonyl (C=O) groups excluding carboxylic acids is 1. The number of guanidine groups is 1. The van der Waals surface area contributed by atoms with Crippen LogP contribution in [0.3, 0.4) is 0 Å². The molecule has 28 heavy (non-hydrogen) atoms. The lowest BCUT2D eigenvalue weighted by molar-refractivity contribution is -0.138. The summed E-state index contributed by atoms with van der Waals surface area (Å²) in [5.41, 5.74) is -0.316. The molecule has 0 radical (unpaired) electrons. The molecule has 0 bridgehead atoms. The largest absolute Gasteiger partial charge is 0.355 e. The molecular formula is C20H35N7O. The molecule has 0 aliphatic heterocycles. The van der Waals surface area contributed by atoms with Gasteiger partial charge in [-0.25, -0.2) is 4.99 Å². The molecule has 0 spiro atoms. The summed E-state index contributed by atoms with van der Waals surface area (Å²) >= 11 is 0. The van der Waals surface area contributed by atoms with Crippen molar-refractivity contribution in [2.75, 3.05) is 20.6 Å². The van der Waals surface area contributed by atoms with Crippen LogP contribution < -0.4 is 10.6 Å². The summed E-state index contributed by atoms with van der Waals surface area (Å²) in [4.78, 5) is 19.4. The molecule has 8 heteroatoms. The van der Waals surface area contributed by atoms with Gasteiger partial charge < -0.3 is 20.1 Å². The van der Waals surface area contributed by atoms with Gasteiger partial charge in [0.1, 0.15) is 12.4 Å². The van der Waals surface area contributed by atoms with Crippen LogP contribution in [0.5, 0.6) is 0 Å². The lowest BCUT2D eigenvalue weighted by atomic mass is 9.84. The molecule has 1 aromatic rings. The van der Waals surface area contributed by atoms with Crippen LogP contribution >= 0.6 is 0 Å². The third kappa shape index (κ3) is 4.64. The third-order valence-electron chi connectivity index (χ3n) is 6.27. The number of hydrogen-bond acceptors (Lipinski definition) is 4. The van der Waals surface area contributed by atoms with Crippen LogP contribution in [0.25, 0.3) is 0 Å². The molecule has 0 unspecified atom stereocenters. The van der Waals surface area contributed by atoms with Gasteiger partial charge in [0, 0.05) is 33.7 Å². The Morgan fingerprint density at radius 1 is 1.21 bits per heavy atom. The van der Waals surface area contributed by atoms with Crippen LogP contribution in [0.4, 0.5) is 0 Å². The minimum atomic E-state index is -0.316. The van der Waals surface area contributed by atoms with Crippen LogP contribution in [-0.4, -0.2) is 58.2 Å². The zero-order valence-electron chi connectivity index (χ0n) is 17.8. The molecule has 1 heterocycles. The average Bonchev–Trinajstić information content (AvgIpc) is 3.42. The zero-order valence-corrected chi connectivity index (χ0v) is 17.8. The van der Waals surface area contributed by atoms with Crippen LogP contribution in [-0.2, 0) is 18.4 Å². The summed E-state index contributed by atoms with van der Waals surface area (Å²) in [6, 6.07) is 0.455. The molecule has 2 fully saturated rings. The van der Waals surface area contributed by atoms with Crippen LogP contribution in [0.15, 0.2) is 4.99 Å². The highest BCUT2D eigenvalue weighted by molar-refractivity contribution is 5.85. The molecule has 2 N–H and O–H groups in total. The monoisotopic (exact) mass is 389 g/mol. The van der Waals surface area contributed by atoms with E-state index in [0.29, 0.717) is 19.1 Å². The fraction of sp³-hybridized carbons (Fsp3) is 0.800. The van der Waals surface area contributed by atoms with Crippen molar-refractivity contribution in [1.29, 1.82) is 0 Å². The number of carbonyl (C=O) groups is 1. The highest BCUT2D eigenvalue weighted by Crippen LogP contribution is 2.38. The van der Waals surface area contributed by atoms with E-state index in [2.05, 4.69) is 20.8 Å². The first-order valence-corrected chi connectivity index (χ1v) is 10.5. The van der Waals surface area contributed by atoms with Crippen LogP contribution in [0.1, 0.15) is 63.0 Å². The minimum absolute atomic E-state index is 0.224. The van der Waals surface area contributed by atoms with E-state index >= 15 is 0 Å². The second-order valence-corrected chi connectivity index (χ2v) is 8.55. The van der Waals surface area contributed by atoms with Crippen molar-refractivity contribution in [3.63, 3.8) is 0 Å². The van der Waals surface area contributed by atoms with Crippen molar-refractivity contribution >= 4 is 11.9 Å². The minimum Gasteiger partial charge on any atom is -0.355 e. The summed E-state index contributed by atoms with van der Waals surface area (Å²) in [6.45, 7) is 3.03. The first-order chi connectivity index (χ1) is 13.4. The van der Waals surface area contributed by atoms with Gasteiger partial charge in [0.2, 0.25) is 5.91 Å². The second-order valence-electron chi connectivity index (χ2n) is 8.55. The Labute approximate surface area is 168 Å². The van der Waals surface area contributed by atoms with Crippen LogP contribution in [0.2, 0.25) is 0 Å². The maximum Gasteiger partial charge on any atom is 0.230 e. The highest BCUT2D eigenvalue weighted by atomic mass is 16.2. The molecule has 1 amide bonds. The summed E-state index contributed by atoms with van der Waals surface area (Å²) in [7, 11) is 5.66. The molecule has 8 nitrogen and oxygen atoms in total. The fourth-order valence-electron chi connectivity index (χ4n) is 4.40. The number of hydrogen-bond donors (Lipinski definition) is 2. The molecule has 0 atom stereocenters. The Bertz CT molecular complexity index is 697. The standard InChI is InChI=1S/C20H35N7O/c1-15-24-25-17(27(15)4)13-21-19(23-16-9-5-6-10-16)22-14-20(11-7-8-12-20)18(28)26(2)3/h16H,5-14H2,1-4H3,(H2,21,22,23). The van der Waals surface area contributed by atoms with Crippen molar-refractivity contribution in [3.8, 4) is 0 Å². The predicted molar refractivity (Wildman–Crippen MR) is 110 cm³/mol. The summed E-state index contributed by atoms with van der Waals surface area (Å²) in [5.74, 6) is 2.72. The van der Waals surface area contributed by atoms with Crippen molar-refractivity contribution in [2.45, 2.75) is 70.9 Å². The maximum atomic E-state index is 12.9. The van der Waals surface area contributed by atoms with Crippen LogP contribution in [0, 0.1) is 12.3 Å². The van der Waals surface area contributed by atoms with E-state index in [4.69, 9.17) is 4.99 Å². The second kappa shape index (κ2) is 8.92. The fourth-order valence-corrected chi connectivity index (χ4v) is 4.40. The summed E-state index contributed by atoms with van der Waals surface area (Å²) in [5, 5.41) is 15.4. The van der Waals surface area contributed by atoms with Gasteiger partial charge in [0.25, 0.3) is 0 Å². The lowest BCUT2D eigenvalue weighted by Gasteiger charge is -2.31. The quantitative estimate of drug-likeness (QED) is 0.572. The lowest BCUT2D eigenvalue weighted by Crippen LogP contribution is -2.50. The van der Waals surface area contributed by atoms with E-state index in [1.54, 1.807) is 4.90 Å². The molecule has 2 aliphatic carbocycles. The number of amides is 1. The number of aromatic nitrogens is 3. The average molecular weight is 390 g/mol. The smallest absolute Gasteiger partial charge is 0.230 e. The van der Waals surface area contributed by atoms with E-state index in [0.717, 1.165) is 43.3 Å².